The highest BCUT2D eigenvalue weighted by molar-refractivity contribution is 7.98. The molecule has 1 aliphatic heterocycles. The second-order valence-corrected chi connectivity index (χ2v) is 7.90. The van der Waals surface area contributed by atoms with Crippen LogP contribution in [0.2, 0.25) is 0 Å². The first-order valence-electron chi connectivity index (χ1n) is 9.17. The molecule has 27 heavy (non-hydrogen) atoms. The molecule has 0 saturated carbocycles. The fourth-order valence-corrected chi connectivity index (χ4v) is 4.62. The number of thioether (sulfide) groups is 1. The quantitative estimate of drug-likeness (QED) is 0.728. The molecule has 1 aromatic heterocycles. The van der Waals surface area contributed by atoms with Gasteiger partial charge in [0.2, 0.25) is 0 Å². The van der Waals surface area contributed by atoms with Gasteiger partial charge in [-0.2, -0.15) is 0 Å². The Morgan fingerprint density at radius 1 is 1.30 bits per heavy atom. The highest BCUT2D eigenvalue weighted by Gasteiger charge is 2.24. The summed E-state index contributed by atoms with van der Waals surface area (Å²) in [4.78, 5) is 16.1. The normalized spacial score (nSPS) is 14.9. The summed E-state index contributed by atoms with van der Waals surface area (Å²) in [5, 5.41) is 7.25. The largest absolute Gasteiger partial charge is 0.361 e. The van der Waals surface area contributed by atoms with Crippen LogP contribution >= 0.6 is 24.2 Å². The van der Waals surface area contributed by atoms with Gasteiger partial charge in [-0.15, -0.1) is 24.2 Å². The molecule has 1 aliphatic rings. The van der Waals surface area contributed by atoms with E-state index in [2.05, 4.69) is 10.5 Å². The second-order valence-electron chi connectivity index (χ2n) is 6.88. The molecule has 1 fully saturated rings. The van der Waals surface area contributed by atoms with Crippen LogP contribution in [-0.2, 0) is 5.75 Å². The number of carbonyl (C=O) groups excluding carboxylic acids is 1. The molecule has 5 nitrogen and oxygen atoms in total. The SMILES string of the molecule is CNCC1CCN(C(=O)c2ccccc2SCc2c(C)noc2C)CC1.Cl. The highest BCUT2D eigenvalue weighted by Crippen LogP contribution is 2.30. The van der Waals surface area contributed by atoms with Crippen molar-refractivity contribution in [2.75, 3.05) is 26.7 Å². The third-order valence-electron chi connectivity index (χ3n) is 5.07. The average Bonchev–Trinajstić information content (AvgIpc) is 2.98. The molecule has 3 rings (SSSR count). The monoisotopic (exact) mass is 409 g/mol. The number of likely N-dealkylation sites (tertiary alicyclic amines) is 1. The fraction of sp³-hybridized carbons (Fsp3) is 0.500. The number of hydrogen-bond acceptors (Lipinski definition) is 5. The van der Waals surface area contributed by atoms with Gasteiger partial charge in [-0.1, -0.05) is 17.3 Å². The third-order valence-corrected chi connectivity index (χ3v) is 6.17. The zero-order chi connectivity index (χ0) is 18.5. The minimum atomic E-state index is 0. The van der Waals surface area contributed by atoms with E-state index >= 15 is 0 Å². The number of piperidine rings is 1. The van der Waals surface area contributed by atoms with E-state index in [9.17, 15) is 4.79 Å². The predicted octanol–water partition coefficient (Wildman–Crippen LogP) is 4.08. The van der Waals surface area contributed by atoms with Crippen LogP contribution in [0.25, 0.3) is 0 Å². The molecular weight excluding hydrogens is 382 g/mol. The Kier molecular flexibility index (Phi) is 8.20. The topological polar surface area (TPSA) is 58.4 Å². The van der Waals surface area contributed by atoms with E-state index in [0.29, 0.717) is 5.92 Å². The molecule has 2 heterocycles. The van der Waals surface area contributed by atoms with Gasteiger partial charge in [0.05, 0.1) is 11.3 Å². The first-order chi connectivity index (χ1) is 12.6. The summed E-state index contributed by atoms with van der Waals surface area (Å²) in [5.41, 5.74) is 2.84. The molecule has 0 spiro atoms. The molecule has 7 heteroatoms. The van der Waals surface area contributed by atoms with E-state index in [4.69, 9.17) is 4.52 Å². The minimum absolute atomic E-state index is 0. The lowest BCUT2D eigenvalue weighted by Gasteiger charge is -2.32. The van der Waals surface area contributed by atoms with E-state index in [1.165, 1.54) is 0 Å². The van der Waals surface area contributed by atoms with Gasteiger partial charge in [-0.05, 0) is 58.3 Å². The predicted molar refractivity (Wildman–Crippen MR) is 112 cm³/mol. The standard InChI is InChI=1S/C20H27N3O2S.ClH/c1-14-18(15(2)25-22-14)13-26-19-7-5-4-6-17(19)20(24)23-10-8-16(9-11-23)12-21-3;/h4-7,16,21H,8-13H2,1-3H3;1H. The van der Waals surface area contributed by atoms with Crippen LogP contribution < -0.4 is 5.32 Å². The van der Waals surface area contributed by atoms with Gasteiger partial charge in [0.15, 0.2) is 0 Å². The Hall–Kier alpha value is -1.50. The summed E-state index contributed by atoms with van der Waals surface area (Å²) in [6.07, 6.45) is 2.14. The number of nitrogens with one attached hydrogen (secondary N) is 1. The molecule has 0 unspecified atom stereocenters. The van der Waals surface area contributed by atoms with Gasteiger partial charge in [0, 0.05) is 29.3 Å². The van der Waals surface area contributed by atoms with Crippen molar-refractivity contribution in [2.24, 2.45) is 5.92 Å². The molecule has 1 N–H and O–H groups in total. The molecule has 1 amide bonds. The number of aryl methyl sites for hydroxylation is 2. The highest BCUT2D eigenvalue weighted by atomic mass is 35.5. The van der Waals surface area contributed by atoms with Gasteiger partial charge in [-0.3, -0.25) is 4.79 Å². The molecule has 0 radical (unpaired) electrons. The van der Waals surface area contributed by atoms with Gasteiger partial charge < -0.3 is 14.7 Å². The van der Waals surface area contributed by atoms with Gasteiger partial charge in [0.1, 0.15) is 5.76 Å². The van der Waals surface area contributed by atoms with Crippen LogP contribution in [0.15, 0.2) is 33.7 Å². The summed E-state index contributed by atoms with van der Waals surface area (Å²) in [7, 11) is 1.99. The smallest absolute Gasteiger partial charge is 0.254 e. The van der Waals surface area contributed by atoms with Crippen molar-refractivity contribution < 1.29 is 9.32 Å². The van der Waals surface area contributed by atoms with Crippen LogP contribution in [0.3, 0.4) is 0 Å². The number of amides is 1. The van der Waals surface area contributed by atoms with Crippen LogP contribution in [-0.4, -0.2) is 42.6 Å². The third kappa shape index (κ3) is 5.27. The van der Waals surface area contributed by atoms with Crippen molar-refractivity contribution in [1.29, 1.82) is 0 Å². The number of rotatable bonds is 6. The Balaban J connectivity index is 0.00000261. The second kappa shape index (κ2) is 10.2. The summed E-state index contributed by atoms with van der Waals surface area (Å²) in [6, 6.07) is 7.91. The summed E-state index contributed by atoms with van der Waals surface area (Å²) in [5.74, 6) is 2.43. The summed E-state index contributed by atoms with van der Waals surface area (Å²) < 4.78 is 5.24. The van der Waals surface area contributed by atoms with Crippen LogP contribution in [0.5, 0.6) is 0 Å². The minimum Gasteiger partial charge on any atom is -0.361 e. The molecule has 0 atom stereocenters. The van der Waals surface area contributed by atoms with E-state index in [0.717, 1.165) is 65.7 Å². The number of hydrogen-bond donors (Lipinski definition) is 1. The van der Waals surface area contributed by atoms with E-state index in [1.54, 1.807) is 11.8 Å². The van der Waals surface area contributed by atoms with Crippen molar-refractivity contribution >= 4 is 30.1 Å². The van der Waals surface area contributed by atoms with Crippen molar-refractivity contribution in [3.63, 3.8) is 0 Å². The lowest BCUT2D eigenvalue weighted by Crippen LogP contribution is -2.40. The van der Waals surface area contributed by atoms with E-state index < -0.39 is 0 Å². The fourth-order valence-electron chi connectivity index (χ4n) is 3.43. The van der Waals surface area contributed by atoms with Gasteiger partial charge >= 0.3 is 0 Å². The zero-order valence-electron chi connectivity index (χ0n) is 16.2. The Labute approximate surface area is 171 Å². The van der Waals surface area contributed by atoms with Crippen molar-refractivity contribution in [3.05, 3.63) is 46.8 Å². The van der Waals surface area contributed by atoms with E-state index in [-0.39, 0.29) is 18.3 Å². The molecule has 1 saturated heterocycles. The first-order valence-corrected chi connectivity index (χ1v) is 10.2. The Morgan fingerprint density at radius 3 is 2.63 bits per heavy atom. The lowest BCUT2D eigenvalue weighted by molar-refractivity contribution is 0.0687. The number of halogens is 1. The first kappa shape index (κ1) is 21.8. The van der Waals surface area contributed by atoms with Crippen LogP contribution in [0.4, 0.5) is 0 Å². The molecule has 0 aliphatic carbocycles. The molecule has 0 bridgehead atoms. The maximum atomic E-state index is 13.0. The molecule has 1 aromatic carbocycles. The molecular formula is C20H28ClN3O2S. The number of nitrogens with zero attached hydrogens (tertiary/aromatic N) is 2. The number of aromatic nitrogens is 1. The Bertz CT molecular complexity index is 738. The van der Waals surface area contributed by atoms with Crippen molar-refractivity contribution in [3.8, 4) is 0 Å². The van der Waals surface area contributed by atoms with Crippen LogP contribution in [0.1, 0.15) is 40.2 Å². The van der Waals surface area contributed by atoms with Crippen LogP contribution in [0, 0.1) is 19.8 Å². The molecule has 148 valence electrons. The summed E-state index contributed by atoms with van der Waals surface area (Å²) in [6.45, 7) is 6.61. The summed E-state index contributed by atoms with van der Waals surface area (Å²) >= 11 is 1.68. The average molecular weight is 410 g/mol. The van der Waals surface area contributed by atoms with Crippen molar-refractivity contribution in [1.82, 2.24) is 15.4 Å². The lowest BCUT2D eigenvalue weighted by atomic mass is 9.96. The molecule has 2 aromatic rings. The van der Waals surface area contributed by atoms with Crippen molar-refractivity contribution in [2.45, 2.75) is 37.3 Å². The van der Waals surface area contributed by atoms with Gasteiger partial charge in [-0.25, -0.2) is 0 Å². The van der Waals surface area contributed by atoms with E-state index in [1.807, 2.05) is 50.1 Å². The number of benzene rings is 1. The maximum Gasteiger partial charge on any atom is 0.254 e. The zero-order valence-corrected chi connectivity index (χ0v) is 17.8. The maximum absolute atomic E-state index is 13.0. The number of carbonyl (C=O) groups is 1. The van der Waals surface area contributed by atoms with Gasteiger partial charge in [0.25, 0.3) is 5.91 Å². The Morgan fingerprint density at radius 2 is 2.00 bits per heavy atom.